The van der Waals surface area contributed by atoms with Gasteiger partial charge in [0, 0.05) is 57.4 Å². The monoisotopic (exact) mass is 351 g/mol. The van der Waals surface area contributed by atoms with Crippen molar-refractivity contribution in [2.75, 3.05) is 13.2 Å². The zero-order chi connectivity index (χ0) is 17.8. The maximum absolute atomic E-state index is 5.93. The van der Waals surface area contributed by atoms with Crippen molar-refractivity contribution in [1.82, 2.24) is 24.6 Å². The van der Waals surface area contributed by atoms with Crippen LogP contribution in [0.2, 0.25) is 0 Å². The second-order valence-corrected chi connectivity index (χ2v) is 6.89. The van der Waals surface area contributed by atoms with Crippen LogP contribution in [0.5, 0.6) is 0 Å². The van der Waals surface area contributed by atoms with Gasteiger partial charge in [0.1, 0.15) is 11.9 Å². The summed E-state index contributed by atoms with van der Waals surface area (Å²) in [7, 11) is 2.03. The minimum atomic E-state index is 0.0962. The maximum Gasteiger partial charge on any atom is 0.137 e. The third kappa shape index (κ3) is 3.86. The van der Waals surface area contributed by atoms with Crippen molar-refractivity contribution in [1.29, 1.82) is 0 Å². The highest BCUT2D eigenvalue weighted by molar-refractivity contribution is 5.22. The molecule has 2 aromatic heterocycles. The van der Waals surface area contributed by atoms with Gasteiger partial charge in [-0.1, -0.05) is 24.3 Å². The molecule has 0 amide bonds. The Morgan fingerprint density at radius 2 is 2.00 bits per heavy atom. The summed E-state index contributed by atoms with van der Waals surface area (Å²) in [6.07, 6.45) is 8.78. The molecule has 6 nitrogen and oxygen atoms in total. The Bertz CT molecular complexity index is 809. The zero-order valence-electron chi connectivity index (χ0n) is 15.1. The Morgan fingerprint density at radius 3 is 2.73 bits per heavy atom. The smallest absolute Gasteiger partial charge is 0.137 e. The van der Waals surface area contributed by atoms with Crippen molar-refractivity contribution in [2.45, 2.75) is 25.6 Å². The molecular formula is C20H25N5O. The molecule has 1 fully saturated rings. The van der Waals surface area contributed by atoms with Crippen molar-refractivity contribution in [3.8, 4) is 0 Å². The van der Waals surface area contributed by atoms with Crippen LogP contribution in [0.1, 0.15) is 29.5 Å². The van der Waals surface area contributed by atoms with Gasteiger partial charge in [0.05, 0.1) is 6.54 Å². The summed E-state index contributed by atoms with van der Waals surface area (Å²) in [6, 6.07) is 10.7. The van der Waals surface area contributed by atoms with E-state index in [4.69, 9.17) is 4.74 Å². The Labute approximate surface area is 153 Å². The summed E-state index contributed by atoms with van der Waals surface area (Å²) in [5.74, 6) is 1.49. The summed E-state index contributed by atoms with van der Waals surface area (Å²) < 4.78 is 9.92. The number of imidazole rings is 1. The largest absolute Gasteiger partial charge is 0.370 e. The first-order valence-corrected chi connectivity index (χ1v) is 9.14. The maximum atomic E-state index is 5.93. The molecule has 1 aliphatic heterocycles. The second-order valence-electron chi connectivity index (χ2n) is 6.89. The molecule has 1 aliphatic rings. The van der Waals surface area contributed by atoms with Crippen molar-refractivity contribution in [3.05, 3.63) is 72.1 Å². The number of ether oxygens (including phenoxy) is 1. The van der Waals surface area contributed by atoms with Gasteiger partial charge in [-0.3, -0.25) is 4.68 Å². The third-order valence-electron chi connectivity index (χ3n) is 4.99. The van der Waals surface area contributed by atoms with E-state index in [1.165, 1.54) is 11.1 Å². The van der Waals surface area contributed by atoms with Crippen molar-refractivity contribution in [2.24, 2.45) is 13.0 Å². The number of hydrogen-bond acceptors (Lipinski definition) is 4. The van der Waals surface area contributed by atoms with Crippen LogP contribution in [0.4, 0.5) is 0 Å². The molecule has 1 saturated heterocycles. The van der Waals surface area contributed by atoms with E-state index in [2.05, 4.69) is 44.2 Å². The number of nitrogens with zero attached hydrogens (tertiary/aromatic N) is 4. The highest BCUT2D eigenvalue weighted by atomic mass is 16.5. The molecule has 4 rings (SSSR count). The zero-order valence-corrected chi connectivity index (χ0v) is 15.1. The Balaban J connectivity index is 1.28. The van der Waals surface area contributed by atoms with Gasteiger partial charge >= 0.3 is 0 Å². The normalized spacial score (nSPS) is 19.9. The van der Waals surface area contributed by atoms with Crippen LogP contribution in [0.15, 0.2) is 55.1 Å². The fraction of sp³-hybridized carbons (Fsp3) is 0.400. The number of hydrogen-bond donors (Lipinski definition) is 1. The van der Waals surface area contributed by atoms with Crippen LogP contribution >= 0.6 is 0 Å². The predicted octanol–water partition coefficient (Wildman–Crippen LogP) is 2.53. The molecule has 0 aliphatic carbocycles. The van der Waals surface area contributed by atoms with Gasteiger partial charge in [-0.2, -0.15) is 5.10 Å². The first-order chi connectivity index (χ1) is 12.8. The number of nitrogens with one attached hydrogen (secondary N) is 1. The summed E-state index contributed by atoms with van der Waals surface area (Å²) >= 11 is 0. The number of benzene rings is 1. The number of aryl methyl sites for hydroxylation is 1. The molecule has 3 aromatic rings. The summed E-state index contributed by atoms with van der Waals surface area (Å²) in [4.78, 5) is 4.46. The van der Waals surface area contributed by atoms with Crippen molar-refractivity contribution < 1.29 is 4.74 Å². The minimum Gasteiger partial charge on any atom is -0.370 e. The average molecular weight is 351 g/mol. The van der Waals surface area contributed by atoms with Gasteiger partial charge in [0.25, 0.3) is 0 Å². The van der Waals surface area contributed by atoms with E-state index in [-0.39, 0.29) is 6.10 Å². The minimum absolute atomic E-state index is 0.0962. The molecule has 26 heavy (non-hydrogen) atoms. The first-order valence-electron chi connectivity index (χ1n) is 9.14. The van der Waals surface area contributed by atoms with Gasteiger partial charge in [-0.25, -0.2) is 4.98 Å². The van der Waals surface area contributed by atoms with E-state index < -0.39 is 0 Å². The number of rotatable bonds is 7. The van der Waals surface area contributed by atoms with Crippen LogP contribution in [-0.4, -0.2) is 32.5 Å². The molecule has 0 spiro atoms. The lowest BCUT2D eigenvalue weighted by atomic mass is 10.0. The van der Waals surface area contributed by atoms with Crippen LogP contribution < -0.4 is 5.32 Å². The highest BCUT2D eigenvalue weighted by Gasteiger charge is 2.31. The Hall–Kier alpha value is -2.44. The number of aromatic nitrogens is 4. The Kier molecular flexibility index (Phi) is 5.13. The van der Waals surface area contributed by atoms with E-state index in [1.54, 1.807) is 0 Å². The molecule has 2 atom stereocenters. The molecule has 3 heterocycles. The predicted molar refractivity (Wildman–Crippen MR) is 99.5 cm³/mol. The lowest BCUT2D eigenvalue weighted by molar-refractivity contribution is 0.0811. The van der Waals surface area contributed by atoms with E-state index in [0.717, 1.165) is 38.5 Å². The molecule has 0 radical (unpaired) electrons. The van der Waals surface area contributed by atoms with Gasteiger partial charge in [-0.05, 0) is 23.6 Å². The van der Waals surface area contributed by atoms with Gasteiger partial charge in [0.2, 0.25) is 0 Å². The van der Waals surface area contributed by atoms with Crippen LogP contribution in [0.3, 0.4) is 0 Å². The molecule has 0 unspecified atom stereocenters. The highest BCUT2D eigenvalue weighted by Crippen LogP contribution is 2.32. The lowest BCUT2D eigenvalue weighted by Gasteiger charge is -2.19. The molecule has 1 N–H and O–H groups in total. The SMILES string of the molecule is Cn1ccnc1[C@@H]1OCC[C@H]1CNCc1ccc(Cn2cccn2)cc1. The molecule has 136 valence electrons. The van der Waals surface area contributed by atoms with Crippen molar-refractivity contribution >= 4 is 0 Å². The molecule has 0 bridgehead atoms. The average Bonchev–Trinajstić information content (AvgIpc) is 3.39. The Morgan fingerprint density at radius 1 is 1.15 bits per heavy atom. The molecular weight excluding hydrogens is 326 g/mol. The van der Waals surface area contributed by atoms with Crippen LogP contribution in [0, 0.1) is 5.92 Å². The van der Waals surface area contributed by atoms with E-state index in [9.17, 15) is 0 Å². The standard InChI is InChI=1S/C20H25N5O/c1-24-11-9-22-20(24)19-18(7-12-26-19)14-21-13-16-3-5-17(6-4-16)15-25-10-2-8-23-25/h2-6,8-11,18-19,21H,7,12-15H2,1H3/t18-,19+/m0/s1. The molecule has 1 aromatic carbocycles. The van der Waals surface area contributed by atoms with Gasteiger partial charge in [-0.15, -0.1) is 0 Å². The van der Waals surface area contributed by atoms with Crippen LogP contribution in [-0.2, 0) is 24.9 Å². The topological polar surface area (TPSA) is 56.9 Å². The van der Waals surface area contributed by atoms with E-state index in [0.29, 0.717) is 5.92 Å². The fourth-order valence-corrected chi connectivity index (χ4v) is 3.53. The van der Waals surface area contributed by atoms with Crippen LogP contribution in [0.25, 0.3) is 0 Å². The summed E-state index contributed by atoms with van der Waals surface area (Å²) in [6.45, 7) is 3.43. The van der Waals surface area contributed by atoms with Gasteiger partial charge < -0.3 is 14.6 Å². The lowest BCUT2D eigenvalue weighted by Crippen LogP contribution is -2.25. The van der Waals surface area contributed by atoms with Gasteiger partial charge in [0.15, 0.2) is 0 Å². The first kappa shape index (κ1) is 17.0. The summed E-state index contributed by atoms with van der Waals surface area (Å²) in [5, 5.41) is 7.83. The van der Waals surface area contributed by atoms with E-state index >= 15 is 0 Å². The van der Waals surface area contributed by atoms with Crippen molar-refractivity contribution in [3.63, 3.8) is 0 Å². The van der Waals surface area contributed by atoms with E-state index in [1.807, 2.05) is 42.6 Å². The third-order valence-corrected chi connectivity index (χ3v) is 4.99. The second kappa shape index (κ2) is 7.85. The molecule has 6 heteroatoms. The quantitative estimate of drug-likeness (QED) is 0.711. The molecule has 0 saturated carbocycles. The fourth-order valence-electron chi connectivity index (χ4n) is 3.53. The summed E-state index contributed by atoms with van der Waals surface area (Å²) in [5.41, 5.74) is 2.55.